The SMILES string of the molecule is CCCCCCCN1C=CN(CCC)C1c1ccccc1. The van der Waals surface area contributed by atoms with Crippen LogP contribution in [0.1, 0.15) is 64.1 Å². The summed E-state index contributed by atoms with van der Waals surface area (Å²) in [6.45, 7) is 6.82. The molecule has 116 valence electrons. The normalized spacial score (nSPS) is 17.7. The van der Waals surface area contributed by atoms with Gasteiger partial charge in [-0.15, -0.1) is 0 Å². The fraction of sp³-hybridized carbons (Fsp3) is 0.579. The van der Waals surface area contributed by atoms with Gasteiger partial charge in [-0.1, -0.05) is 69.9 Å². The van der Waals surface area contributed by atoms with Crippen molar-refractivity contribution in [2.75, 3.05) is 13.1 Å². The van der Waals surface area contributed by atoms with Gasteiger partial charge in [0, 0.05) is 25.5 Å². The molecule has 1 heterocycles. The van der Waals surface area contributed by atoms with E-state index in [4.69, 9.17) is 0 Å². The molecule has 1 aromatic rings. The van der Waals surface area contributed by atoms with E-state index in [1.165, 1.54) is 50.6 Å². The van der Waals surface area contributed by atoms with Gasteiger partial charge >= 0.3 is 0 Å². The molecule has 1 aliphatic heterocycles. The summed E-state index contributed by atoms with van der Waals surface area (Å²) in [5.74, 6) is 0. The van der Waals surface area contributed by atoms with Crippen LogP contribution in [0.25, 0.3) is 0 Å². The lowest BCUT2D eigenvalue weighted by atomic mass is 10.1. The van der Waals surface area contributed by atoms with E-state index in [0.717, 1.165) is 6.54 Å². The van der Waals surface area contributed by atoms with E-state index in [-0.39, 0.29) is 0 Å². The van der Waals surface area contributed by atoms with Gasteiger partial charge < -0.3 is 9.80 Å². The van der Waals surface area contributed by atoms with Crippen molar-refractivity contribution in [1.29, 1.82) is 0 Å². The van der Waals surface area contributed by atoms with Crippen LogP contribution in [0, 0.1) is 0 Å². The number of hydrogen-bond donors (Lipinski definition) is 0. The number of rotatable bonds is 9. The highest BCUT2D eigenvalue weighted by molar-refractivity contribution is 5.21. The van der Waals surface area contributed by atoms with Gasteiger partial charge in [0.1, 0.15) is 6.17 Å². The van der Waals surface area contributed by atoms with Crippen LogP contribution in [-0.4, -0.2) is 22.9 Å². The molecule has 2 rings (SSSR count). The molecule has 1 unspecified atom stereocenters. The molecule has 21 heavy (non-hydrogen) atoms. The van der Waals surface area contributed by atoms with Gasteiger partial charge in [0.2, 0.25) is 0 Å². The maximum Gasteiger partial charge on any atom is 0.127 e. The number of benzene rings is 1. The van der Waals surface area contributed by atoms with E-state index in [1.54, 1.807) is 0 Å². The summed E-state index contributed by atoms with van der Waals surface area (Å²) in [4.78, 5) is 4.98. The summed E-state index contributed by atoms with van der Waals surface area (Å²) in [6.07, 6.45) is 12.9. The average Bonchev–Trinajstić information content (AvgIpc) is 2.91. The second kappa shape index (κ2) is 8.76. The van der Waals surface area contributed by atoms with Gasteiger partial charge in [0.25, 0.3) is 0 Å². The molecular formula is C19H30N2. The van der Waals surface area contributed by atoms with Crippen molar-refractivity contribution in [3.63, 3.8) is 0 Å². The van der Waals surface area contributed by atoms with Gasteiger partial charge in [0.15, 0.2) is 0 Å². The van der Waals surface area contributed by atoms with Crippen molar-refractivity contribution < 1.29 is 0 Å². The van der Waals surface area contributed by atoms with Gasteiger partial charge in [-0.25, -0.2) is 0 Å². The quantitative estimate of drug-likeness (QED) is 0.579. The fourth-order valence-corrected chi connectivity index (χ4v) is 3.08. The molecule has 0 amide bonds. The lowest BCUT2D eigenvalue weighted by molar-refractivity contribution is 0.152. The number of nitrogens with zero attached hydrogens (tertiary/aromatic N) is 2. The first-order chi connectivity index (χ1) is 10.4. The Morgan fingerprint density at radius 2 is 1.43 bits per heavy atom. The molecular weight excluding hydrogens is 256 g/mol. The van der Waals surface area contributed by atoms with E-state index in [9.17, 15) is 0 Å². The van der Waals surface area contributed by atoms with E-state index >= 15 is 0 Å². The van der Waals surface area contributed by atoms with Crippen molar-refractivity contribution in [1.82, 2.24) is 9.80 Å². The molecule has 1 aliphatic rings. The summed E-state index contributed by atoms with van der Waals surface area (Å²) in [6, 6.07) is 10.9. The van der Waals surface area contributed by atoms with Crippen molar-refractivity contribution in [3.05, 3.63) is 48.3 Å². The van der Waals surface area contributed by atoms with E-state index < -0.39 is 0 Å². The zero-order valence-corrected chi connectivity index (χ0v) is 13.7. The third kappa shape index (κ3) is 4.52. The van der Waals surface area contributed by atoms with Crippen LogP contribution in [-0.2, 0) is 0 Å². The first-order valence-electron chi connectivity index (χ1n) is 8.61. The summed E-state index contributed by atoms with van der Waals surface area (Å²) in [5.41, 5.74) is 1.41. The van der Waals surface area contributed by atoms with Crippen LogP contribution in [0.3, 0.4) is 0 Å². The van der Waals surface area contributed by atoms with Gasteiger partial charge in [-0.3, -0.25) is 0 Å². The number of unbranched alkanes of at least 4 members (excludes halogenated alkanes) is 4. The predicted molar refractivity (Wildman–Crippen MR) is 90.8 cm³/mol. The Morgan fingerprint density at radius 3 is 2.10 bits per heavy atom. The molecule has 1 aromatic carbocycles. The first-order valence-corrected chi connectivity index (χ1v) is 8.61. The van der Waals surface area contributed by atoms with Crippen LogP contribution >= 0.6 is 0 Å². The third-order valence-electron chi connectivity index (χ3n) is 4.18. The lowest BCUT2D eigenvalue weighted by Gasteiger charge is -2.33. The molecule has 0 fully saturated rings. The van der Waals surface area contributed by atoms with E-state index in [0.29, 0.717) is 6.17 Å². The topological polar surface area (TPSA) is 6.48 Å². The Labute approximate surface area is 130 Å². The Balaban J connectivity index is 1.94. The highest BCUT2D eigenvalue weighted by Gasteiger charge is 2.26. The van der Waals surface area contributed by atoms with Crippen molar-refractivity contribution in [2.45, 2.75) is 58.5 Å². The van der Waals surface area contributed by atoms with Crippen LogP contribution in [0.5, 0.6) is 0 Å². The second-order valence-electron chi connectivity index (χ2n) is 5.97. The highest BCUT2D eigenvalue weighted by Crippen LogP contribution is 2.31. The molecule has 0 spiro atoms. The van der Waals surface area contributed by atoms with Crippen molar-refractivity contribution >= 4 is 0 Å². The second-order valence-corrected chi connectivity index (χ2v) is 5.97. The molecule has 0 radical (unpaired) electrons. The zero-order valence-electron chi connectivity index (χ0n) is 13.7. The molecule has 0 aliphatic carbocycles. The maximum absolute atomic E-state index is 2.51. The van der Waals surface area contributed by atoms with Crippen LogP contribution in [0.4, 0.5) is 0 Å². The summed E-state index contributed by atoms with van der Waals surface area (Å²) in [7, 11) is 0. The summed E-state index contributed by atoms with van der Waals surface area (Å²) < 4.78 is 0. The van der Waals surface area contributed by atoms with E-state index in [2.05, 4.69) is 66.4 Å². The standard InChI is InChI=1S/C19H30N2/c1-3-5-6-7-11-15-21-17-16-20(14-4-2)19(21)18-12-9-8-10-13-18/h8-10,12-13,16-17,19H,3-7,11,14-15H2,1-2H3. The zero-order chi connectivity index (χ0) is 14.9. The maximum atomic E-state index is 2.51. The van der Waals surface area contributed by atoms with Crippen LogP contribution in [0.15, 0.2) is 42.7 Å². The summed E-state index contributed by atoms with van der Waals surface area (Å²) in [5, 5.41) is 0. The third-order valence-corrected chi connectivity index (χ3v) is 4.18. The largest absolute Gasteiger partial charge is 0.352 e. The van der Waals surface area contributed by atoms with Gasteiger partial charge in [-0.2, -0.15) is 0 Å². The minimum atomic E-state index is 0.400. The minimum Gasteiger partial charge on any atom is -0.352 e. The smallest absolute Gasteiger partial charge is 0.127 e. The fourth-order valence-electron chi connectivity index (χ4n) is 3.08. The Hall–Kier alpha value is -1.44. The van der Waals surface area contributed by atoms with E-state index in [1.807, 2.05) is 0 Å². The van der Waals surface area contributed by atoms with Crippen LogP contribution < -0.4 is 0 Å². The molecule has 0 saturated heterocycles. The monoisotopic (exact) mass is 286 g/mol. The Kier molecular flexibility index (Phi) is 6.65. The molecule has 2 heteroatoms. The predicted octanol–water partition coefficient (Wildman–Crippen LogP) is 5.15. The highest BCUT2D eigenvalue weighted by atomic mass is 15.4. The molecule has 0 N–H and O–H groups in total. The molecule has 0 bridgehead atoms. The Morgan fingerprint density at radius 1 is 0.762 bits per heavy atom. The minimum absolute atomic E-state index is 0.400. The van der Waals surface area contributed by atoms with Crippen molar-refractivity contribution in [3.8, 4) is 0 Å². The molecule has 2 nitrogen and oxygen atoms in total. The van der Waals surface area contributed by atoms with Gasteiger partial charge in [-0.05, 0) is 18.4 Å². The van der Waals surface area contributed by atoms with Crippen LogP contribution in [0.2, 0.25) is 0 Å². The molecule has 0 saturated carbocycles. The average molecular weight is 286 g/mol. The van der Waals surface area contributed by atoms with Gasteiger partial charge in [0.05, 0.1) is 0 Å². The molecule has 1 atom stereocenters. The Bertz CT molecular complexity index is 413. The first kappa shape index (κ1) is 15.9. The number of hydrogen-bond acceptors (Lipinski definition) is 2. The molecule has 0 aromatic heterocycles. The lowest BCUT2D eigenvalue weighted by Crippen LogP contribution is -2.31. The summed E-state index contributed by atoms with van der Waals surface area (Å²) >= 11 is 0. The van der Waals surface area contributed by atoms with Crippen molar-refractivity contribution in [2.24, 2.45) is 0 Å².